The number of nitrogens with zero attached hydrogens (tertiary/aromatic N) is 1. The van der Waals surface area contributed by atoms with Crippen LogP contribution >= 0.6 is 12.2 Å². The van der Waals surface area contributed by atoms with Crippen molar-refractivity contribution in [1.29, 1.82) is 0 Å². The maximum Gasteiger partial charge on any atom is 0.186 e. The Labute approximate surface area is 92.3 Å². The monoisotopic (exact) mass is 215 g/mol. The summed E-state index contributed by atoms with van der Waals surface area (Å²) in [6, 6.07) is 0. The van der Waals surface area contributed by atoms with Gasteiger partial charge in [-0.3, -0.25) is 5.43 Å². The first kappa shape index (κ1) is 13.4. The first-order valence-electron chi connectivity index (χ1n) is 5.30. The van der Waals surface area contributed by atoms with Crippen LogP contribution in [0, 0.1) is 0 Å². The molecule has 0 aliphatic heterocycles. The lowest BCUT2D eigenvalue weighted by Crippen LogP contribution is -2.28. The largest absolute Gasteiger partial charge is 0.364 e. The third-order valence-corrected chi connectivity index (χ3v) is 2.22. The zero-order valence-electron chi connectivity index (χ0n) is 9.18. The van der Waals surface area contributed by atoms with Crippen LogP contribution in [0.1, 0.15) is 45.4 Å². The summed E-state index contributed by atoms with van der Waals surface area (Å²) in [7, 11) is 1.77. The van der Waals surface area contributed by atoms with Gasteiger partial charge in [-0.1, -0.05) is 32.6 Å². The molecule has 0 atom stereocenters. The van der Waals surface area contributed by atoms with Gasteiger partial charge in [0.15, 0.2) is 5.11 Å². The lowest BCUT2D eigenvalue weighted by Gasteiger charge is -1.99. The van der Waals surface area contributed by atoms with Gasteiger partial charge in [-0.15, -0.1) is 0 Å². The molecule has 0 aliphatic rings. The van der Waals surface area contributed by atoms with Gasteiger partial charge in [-0.25, -0.2) is 0 Å². The van der Waals surface area contributed by atoms with Gasteiger partial charge in [-0.2, -0.15) is 5.10 Å². The highest BCUT2D eigenvalue weighted by atomic mass is 32.1. The molecule has 0 bridgehead atoms. The third kappa shape index (κ3) is 9.45. The number of unbranched alkanes of at least 4 members (excludes halogenated alkanes) is 5. The summed E-state index contributed by atoms with van der Waals surface area (Å²) in [6.45, 7) is 2.23. The molecule has 3 nitrogen and oxygen atoms in total. The molecule has 0 radical (unpaired) electrons. The van der Waals surface area contributed by atoms with Gasteiger partial charge in [0.25, 0.3) is 0 Å². The Morgan fingerprint density at radius 3 is 2.64 bits per heavy atom. The van der Waals surface area contributed by atoms with Gasteiger partial charge >= 0.3 is 0 Å². The van der Waals surface area contributed by atoms with Crippen molar-refractivity contribution in [3.8, 4) is 0 Å². The average Bonchev–Trinajstić information content (AvgIpc) is 2.21. The summed E-state index contributed by atoms with van der Waals surface area (Å²) in [6.07, 6.45) is 9.42. The molecule has 4 heteroatoms. The molecular weight excluding hydrogens is 194 g/mol. The second-order valence-electron chi connectivity index (χ2n) is 3.21. The highest BCUT2D eigenvalue weighted by molar-refractivity contribution is 7.80. The molecule has 0 saturated heterocycles. The Morgan fingerprint density at radius 2 is 2.00 bits per heavy atom. The highest BCUT2D eigenvalue weighted by Gasteiger charge is 1.87. The highest BCUT2D eigenvalue weighted by Crippen LogP contribution is 2.03. The SMILES string of the molecule is CCCCCCCC=NNC(=S)NC. The minimum absolute atomic E-state index is 0.562. The maximum atomic E-state index is 4.85. The molecule has 0 unspecified atom stereocenters. The lowest BCUT2D eigenvalue weighted by atomic mass is 10.1. The zero-order chi connectivity index (χ0) is 10.6. The minimum atomic E-state index is 0.562. The number of hydrogen-bond donors (Lipinski definition) is 2. The molecule has 0 aromatic heterocycles. The normalized spacial score (nSPS) is 10.4. The van der Waals surface area contributed by atoms with E-state index in [0.717, 1.165) is 6.42 Å². The van der Waals surface area contributed by atoms with Crippen molar-refractivity contribution in [2.45, 2.75) is 45.4 Å². The molecule has 0 spiro atoms. The Kier molecular flexibility index (Phi) is 9.96. The van der Waals surface area contributed by atoms with Crippen molar-refractivity contribution >= 4 is 23.5 Å². The van der Waals surface area contributed by atoms with E-state index in [0.29, 0.717) is 5.11 Å². The molecule has 0 heterocycles. The van der Waals surface area contributed by atoms with Gasteiger partial charge in [0.05, 0.1) is 0 Å². The second kappa shape index (κ2) is 10.4. The summed E-state index contributed by atoms with van der Waals surface area (Å²) in [4.78, 5) is 0. The molecule has 0 amide bonds. The number of rotatable bonds is 7. The fourth-order valence-electron chi connectivity index (χ4n) is 1.06. The summed E-state index contributed by atoms with van der Waals surface area (Å²) in [5, 5.41) is 7.33. The predicted octanol–water partition coefficient (Wildman–Crippen LogP) is 2.43. The van der Waals surface area contributed by atoms with E-state index in [1.54, 1.807) is 7.05 Å². The molecule has 0 aliphatic carbocycles. The standard InChI is InChI=1S/C10H21N3S/c1-3-4-5-6-7-8-9-12-13-10(14)11-2/h9H,3-8H2,1-2H3,(H2,11,13,14). The van der Waals surface area contributed by atoms with Crippen molar-refractivity contribution < 1.29 is 0 Å². The number of hydrazone groups is 1. The number of nitrogens with one attached hydrogen (secondary N) is 2. The first-order valence-corrected chi connectivity index (χ1v) is 5.71. The summed E-state index contributed by atoms with van der Waals surface area (Å²) < 4.78 is 0. The average molecular weight is 215 g/mol. The Balaban J connectivity index is 3.15. The Hall–Kier alpha value is -0.640. The molecule has 82 valence electrons. The number of thiocarbonyl (C=S) groups is 1. The summed E-state index contributed by atoms with van der Waals surface area (Å²) >= 11 is 4.85. The summed E-state index contributed by atoms with van der Waals surface area (Å²) in [5.74, 6) is 0. The predicted molar refractivity (Wildman–Crippen MR) is 66.7 cm³/mol. The van der Waals surface area contributed by atoms with Crippen molar-refractivity contribution in [3.63, 3.8) is 0 Å². The van der Waals surface area contributed by atoms with Gasteiger partial charge in [0.1, 0.15) is 0 Å². The molecular formula is C10H21N3S. The van der Waals surface area contributed by atoms with Gasteiger partial charge in [0.2, 0.25) is 0 Å². The van der Waals surface area contributed by atoms with Crippen LogP contribution in [0.5, 0.6) is 0 Å². The third-order valence-electron chi connectivity index (χ3n) is 1.92. The maximum absolute atomic E-state index is 4.85. The fourth-order valence-corrected chi connectivity index (χ4v) is 1.12. The smallest absolute Gasteiger partial charge is 0.186 e. The van der Waals surface area contributed by atoms with Crippen LogP contribution in [-0.2, 0) is 0 Å². The van der Waals surface area contributed by atoms with E-state index in [2.05, 4.69) is 22.8 Å². The van der Waals surface area contributed by atoms with Crippen molar-refractivity contribution in [1.82, 2.24) is 10.7 Å². The molecule has 0 saturated carbocycles. The first-order chi connectivity index (χ1) is 6.81. The van der Waals surface area contributed by atoms with Crippen molar-refractivity contribution in [2.24, 2.45) is 5.10 Å². The molecule has 14 heavy (non-hydrogen) atoms. The van der Waals surface area contributed by atoms with E-state index in [1.165, 1.54) is 32.1 Å². The van der Waals surface area contributed by atoms with E-state index >= 15 is 0 Å². The second-order valence-corrected chi connectivity index (χ2v) is 3.61. The van der Waals surface area contributed by atoms with Crippen LogP contribution in [0.15, 0.2) is 5.10 Å². The van der Waals surface area contributed by atoms with E-state index in [-0.39, 0.29) is 0 Å². The van der Waals surface area contributed by atoms with Crippen LogP contribution < -0.4 is 10.7 Å². The van der Waals surface area contributed by atoms with Crippen LogP contribution in [0.4, 0.5) is 0 Å². The van der Waals surface area contributed by atoms with Crippen LogP contribution in [-0.4, -0.2) is 18.4 Å². The van der Waals surface area contributed by atoms with Crippen molar-refractivity contribution in [2.75, 3.05) is 7.05 Å². The topological polar surface area (TPSA) is 36.4 Å². The molecule has 0 aromatic rings. The van der Waals surface area contributed by atoms with Gasteiger partial charge in [0, 0.05) is 13.3 Å². The summed E-state index contributed by atoms with van der Waals surface area (Å²) in [5.41, 5.74) is 2.72. The minimum Gasteiger partial charge on any atom is -0.364 e. The number of hydrogen-bond acceptors (Lipinski definition) is 2. The molecule has 0 aromatic carbocycles. The van der Waals surface area contributed by atoms with Crippen molar-refractivity contribution in [3.05, 3.63) is 0 Å². The molecule has 0 fully saturated rings. The molecule has 2 N–H and O–H groups in total. The fraction of sp³-hybridized carbons (Fsp3) is 0.800. The Bertz CT molecular complexity index is 169. The van der Waals surface area contributed by atoms with E-state index in [1.807, 2.05) is 6.21 Å². The lowest BCUT2D eigenvalue weighted by molar-refractivity contribution is 0.644. The van der Waals surface area contributed by atoms with Crippen LogP contribution in [0.2, 0.25) is 0 Å². The molecule has 0 rings (SSSR count). The quantitative estimate of drug-likeness (QED) is 0.296. The van der Waals surface area contributed by atoms with Crippen LogP contribution in [0.25, 0.3) is 0 Å². The van der Waals surface area contributed by atoms with E-state index in [9.17, 15) is 0 Å². The van der Waals surface area contributed by atoms with E-state index < -0.39 is 0 Å². The van der Waals surface area contributed by atoms with Crippen LogP contribution in [0.3, 0.4) is 0 Å². The Morgan fingerprint density at radius 1 is 1.29 bits per heavy atom. The van der Waals surface area contributed by atoms with Gasteiger partial charge < -0.3 is 5.32 Å². The van der Waals surface area contributed by atoms with Gasteiger partial charge in [-0.05, 0) is 25.1 Å². The van der Waals surface area contributed by atoms with E-state index in [4.69, 9.17) is 12.2 Å². The zero-order valence-corrected chi connectivity index (χ0v) is 9.99.